The number of amides is 1. The van der Waals surface area contributed by atoms with Crippen LogP contribution in [-0.4, -0.2) is 52.5 Å². The van der Waals surface area contributed by atoms with E-state index in [1.165, 1.54) is 18.7 Å². The molecule has 22 heavy (non-hydrogen) atoms. The third-order valence-electron chi connectivity index (χ3n) is 3.58. The summed E-state index contributed by atoms with van der Waals surface area (Å²) in [4.78, 5) is 12.3. The summed E-state index contributed by atoms with van der Waals surface area (Å²) in [6.07, 6.45) is -2.92. The van der Waals surface area contributed by atoms with Crippen molar-refractivity contribution in [2.45, 2.75) is 48.5 Å². The largest absolute Gasteiger partial charge is 0.388 e. The van der Waals surface area contributed by atoms with Crippen LogP contribution in [-0.2, 0) is 9.53 Å². The van der Waals surface area contributed by atoms with Gasteiger partial charge in [0.25, 0.3) is 0 Å². The maximum Gasteiger partial charge on any atom is 0.217 e. The quantitative estimate of drug-likeness (QED) is 0.621. The number of nitrogens with two attached hydrogens (primary N) is 1. The zero-order valence-corrected chi connectivity index (χ0v) is 13.4. The number of thioether (sulfide) groups is 1. The number of hydrogen-bond donors (Lipinski definition) is 4. The Kier molecular flexibility index (Phi) is 5.82. The van der Waals surface area contributed by atoms with Gasteiger partial charge in [-0.25, -0.2) is 0 Å². The van der Waals surface area contributed by atoms with Gasteiger partial charge in [-0.3, -0.25) is 4.79 Å². The molecule has 1 amide bonds. The van der Waals surface area contributed by atoms with E-state index in [2.05, 4.69) is 5.32 Å². The van der Waals surface area contributed by atoms with Crippen molar-refractivity contribution in [1.82, 2.24) is 5.32 Å². The van der Waals surface area contributed by atoms with Crippen molar-refractivity contribution in [1.29, 1.82) is 0 Å². The highest BCUT2D eigenvalue weighted by molar-refractivity contribution is 7.99. The summed E-state index contributed by atoms with van der Waals surface area (Å²) >= 11 is 1.38. The lowest BCUT2D eigenvalue weighted by atomic mass is 9.98. The zero-order chi connectivity index (χ0) is 16.3. The van der Waals surface area contributed by atoms with Gasteiger partial charge in [0, 0.05) is 18.4 Å². The second-order valence-corrected chi connectivity index (χ2v) is 6.59. The number of aryl methyl sites for hydroxylation is 1. The predicted molar refractivity (Wildman–Crippen MR) is 84.4 cm³/mol. The molecular weight excluding hydrogens is 304 g/mol. The molecule has 122 valence electrons. The van der Waals surface area contributed by atoms with E-state index in [4.69, 9.17) is 10.5 Å². The molecule has 1 aliphatic rings. The van der Waals surface area contributed by atoms with E-state index in [0.29, 0.717) is 0 Å². The molecule has 1 aliphatic heterocycles. The number of carbonyl (C=O) groups is 1. The van der Waals surface area contributed by atoms with Gasteiger partial charge in [0.2, 0.25) is 5.91 Å². The highest BCUT2D eigenvalue weighted by Crippen LogP contribution is 2.33. The number of rotatable bonds is 4. The highest BCUT2D eigenvalue weighted by Gasteiger charge is 2.44. The van der Waals surface area contributed by atoms with Gasteiger partial charge >= 0.3 is 0 Å². The fourth-order valence-electron chi connectivity index (χ4n) is 2.37. The van der Waals surface area contributed by atoms with Crippen molar-refractivity contribution >= 4 is 17.7 Å². The molecule has 0 spiro atoms. The van der Waals surface area contributed by atoms with Crippen molar-refractivity contribution in [3.63, 3.8) is 0 Å². The first-order chi connectivity index (χ1) is 10.4. The zero-order valence-electron chi connectivity index (χ0n) is 12.6. The number of aliphatic hydroxyl groups is 2. The summed E-state index contributed by atoms with van der Waals surface area (Å²) in [5.41, 5.74) is 6.20. The lowest BCUT2D eigenvalue weighted by Crippen LogP contribution is -2.63. The topological polar surface area (TPSA) is 105 Å². The van der Waals surface area contributed by atoms with Gasteiger partial charge in [0.05, 0.1) is 12.1 Å². The van der Waals surface area contributed by atoms with Crippen LogP contribution in [0.15, 0.2) is 29.2 Å². The average molecular weight is 326 g/mol. The Labute approximate surface area is 134 Å². The molecule has 1 unspecified atom stereocenters. The van der Waals surface area contributed by atoms with Crippen molar-refractivity contribution in [2.24, 2.45) is 5.73 Å². The molecule has 1 heterocycles. The number of hydrogen-bond acceptors (Lipinski definition) is 6. The van der Waals surface area contributed by atoms with Crippen molar-refractivity contribution in [3.8, 4) is 0 Å². The molecule has 1 fully saturated rings. The Morgan fingerprint density at radius 3 is 2.50 bits per heavy atom. The molecule has 5 N–H and O–H groups in total. The smallest absolute Gasteiger partial charge is 0.217 e. The van der Waals surface area contributed by atoms with Gasteiger partial charge in [0.1, 0.15) is 17.6 Å². The SMILES string of the molecule is CC(=O)N[C@H]1C(Sc2ccc(C)cc2)O[C@H](CN)[C@H](O)[C@@H]1O. The van der Waals surface area contributed by atoms with Crippen LogP contribution < -0.4 is 11.1 Å². The maximum atomic E-state index is 11.4. The standard InChI is InChI=1S/C15H22N2O4S/c1-8-3-5-10(6-4-8)22-15-12(17-9(2)18)14(20)13(19)11(7-16)21-15/h3-6,11-15,19-20H,7,16H2,1-2H3,(H,17,18)/t11-,12-,13+,14-,15?/m1/s1. The molecule has 0 aliphatic carbocycles. The minimum Gasteiger partial charge on any atom is -0.388 e. The third-order valence-corrected chi connectivity index (χ3v) is 4.76. The van der Waals surface area contributed by atoms with Gasteiger partial charge in [-0.2, -0.15) is 0 Å². The molecule has 1 saturated heterocycles. The van der Waals surface area contributed by atoms with Crippen LogP contribution in [0.1, 0.15) is 12.5 Å². The first-order valence-corrected chi connectivity index (χ1v) is 8.02. The summed E-state index contributed by atoms with van der Waals surface area (Å²) in [6.45, 7) is 3.45. The number of aliphatic hydroxyl groups excluding tert-OH is 2. The molecule has 1 aromatic rings. The molecule has 0 saturated carbocycles. The van der Waals surface area contributed by atoms with Crippen LogP contribution in [0.3, 0.4) is 0 Å². The predicted octanol–water partition coefficient (Wildman–Crippen LogP) is -0.00278. The van der Waals surface area contributed by atoms with Crippen LogP contribution in [0.2, 0.25) is 0 Å². The minimum absolute atomic E-state index is 0.0932. The number of carbonyl (C=O) groups excluding carboxylic acids is 1. The molecule has 0 radical (unpaired) electrons. The second-order valence-electron chi connectivity index (χ2n) is 5.42. The van der Waals surface area contributed by atoms with E-state index in [9.17, 15) is 15.0 Å². The normalized spacial score (nSPS) is 31.8. The molecule has 2 rings (SSSR count). The Bertz CT molecular complexity index is 511. The Hall–Kier alpha value is -1.12. The molecule has 0 bridgehead atoms. The van der Waals surface area contributed by atoms with Crippen LogP contribution in [0.25, 0.3) is 0 Å². The molecule has 6 nitrogen and oxygen atoms in total. The molecule has 7 heteroatoms. The minimum atomic E-state index is -1.13. The lowest BCUT2D eigenvalue weighted by molar-refractivity contribution is -0.160. The summed E-state index contributed by atoms with van der Waals surface area (Å²) < 4.78 is 5.78. The Morgan fingerprint density at radius 1 is 1.32 bits per heavy atom. The van der Waals surface area contributed by atoms with E-state index >= 15 is 0 Å². The van der Waals surface area contributed by atoms with Crippen molar-refractivity contribution < 1.29 is 19.7 Å². The van der Waals surface area contributed by atoms with E-state index < -0.39 is 29.8 Å². The van der Waals surface area contributed by atoms with Gasteiger partial charge in [-0.15, -0.1) is 0 Å². The number of ether oxygens (including phenoxy) is 1. The van der Waals surface area contributed by atoms with Gasteiger partial charge < -0.3 is 26.0 Å². The lowest BCUT2D eigenvalue weighted by Gasteiger charge is -2.42. The molecular formula is C15H22N2O4S. The van der Waals surface area contributed by atoms with E-state index in [-0.39, 0.29) is 12.5 Å². The summed E-state index contributed by atoms with van der Waals surface area (Å²) in [5.74, 6) is -0.291. The van der Waals surface area contributed by atoms with Crippen LogP contribution in [0, 0.1) is 6.92 Å². The summed E-state index contributed by atoms with van der Waals surface area (Å²) in [7, 11) is 0. The van der Waals surface area contributed by atoms with E-state index in [1.54, 1.807) is 0 Å². The fraction of sp³-hybridized carbons (Fsp3) is 0.533. The Balaban J connectivity index is 2.18. The average Bonchev–Trinajstić information content (AvgIpc) is 2.48. The van der Waals surface area contributed by atoms with Crippen molar-refractivity contribution in [2.75, 3.05) is 6.54 Å². The van der Waals surface area contributed by atoms with Crippen LogP contribution in [0.4, 0.5) is 0 Å². The first kappa shape index (κ1) is 17.2. The monoisotopic (exact) mass is 326 g/mol. The van der Waals surface area contributed by atoms with Crippen LogP contribution >= 0.6 is 11.8 Å². The summed E-state index contributed by atoms with van der Waals surface area (Å²) in [5, 5.41) is 22.9. The van der Waals surface area contributed by atoms with Gasteiger partial charge in [0.15, 0.2) is 0 Å². The molecule has 1 aromatic carbocycles. The van der Waals surface area contributed by atoms with E-state index in [1.807, 2.05) is 31.2 Å². The van der Waals surface area contributed by atoms with Gasteiger partial charge in [-0.05, 0) is 19.1 Å². The summed E-state index contributed by atoms with van der Waals surface area (Å²) in [6, 6.07) is 7.14. The number of benzene rings is 1. The van der Waals surface area contributed by atoms with Gasteiger partial charge in [-0.1, -0.05) is 29.5 Å². The number of nitrogens with one attached hydrogen (secondary N) is 1. The fourth-order valence-corrected chi connectivity index (χ4v) is 3.50. The highest BCUT2D eigenvalue weighted by atomic mass is 32.2. The first-order valence-electron chi connectivity index (χ1n) is 7.14. The third kappa shape index (κ3) is 3.99. The maximum absolute atomic E-state index is 11.4. The molecule has 0 aromatic heterocycles. The van der Waals surface area contributed by atoms with E-state index in [0.717, 1.165) is 10.5 Å². The molecule has 5 atom stereocenters. The second kappa shape index (κ2) is 7.43. The van der Waals surface area contributed by atoms with Crippen LogP contribution in [0.5, 0.6) is 0 Å². The Morgan fingerprint density at radius 2 is 1.95 bits per heavy atom. The van der Waals surface area contributed by atoms with Crippen molar-refractivity contribution in [3.05, 3.63) is 29.8 Å².